The summed E-state index contributed by atoms with van der Waals surface area (Å²) in [6, 6.07) is 15.2. The fourth-order valence-corrected chi connectivity index (χ4v) is 8.15. The third-order valence-electron chi connectivity index (χ3n) is 9.25. The van der Waals surface area contributed by atoms with E-state index < -0.39 is 0 Å². The van der Waals surface area contributed by atoms with Gasteiger partial charge in [-0.2, -0.15) is 5.26 Å². The fraction of sp³-hybridized carbons (Fsp3) is 0.444. The molecule has 0 aliphatic heterocycles. The standard InChI is InChI=1S/C27H26N4O/c28-13-17-4-6-19(7-5-17)22-14-31-23(2-1-3-24(31)30-22)25(32)29-16-26-10-18-8-20-9-21(12-26)27(20,11-18)15-26/h1-7,14,18,20-21H,8-12,15-16H2,(H,29,32). The number of carbonyl (C=O) groups is 1. The minimum Gasteiger partial charge on any atom is -0.350 e. The molecule has 1 aromatic carbocycles. The molecule has 5 atom stereocenters. The van der Waals surface area contributed by atoms with E-state index in [1.54, 1.807) is 12.1 Å². The Morgan fingerprint density at radius 3 is 2.84 bits per heavy atom. The number of hydrogen-bond donors (Lipinski definition) is 1. The second-order valence-electron chi connectivity index (χ2n) is 10.9. The smallest absolute Gasteiger partial charge is 0.268 e. The zero-order chi connectivity index (χ0) is 21.5. The summed E-state index contributed by atoms with van der Waals surface area (Å²) in [6.45, 7) is 0.806. The Bertz CT molecular complexity index is 1300. The first kappa shape index (κ1) is 18.4. The highest BCUT2D eigenvalue weighted by molar-refractivity contribution is 5.93. The number of nitrogens with one attached hydrogen (secondary N) is 1. The van der Waals surface area contributed by atoms with Crippen molar-refractivity contribution in [3.63, 3.8) is 0 Å². The summed E-state index contributed by atoms with van der Waals surface area (Å²) in [5, 5.41) is 12.4. The number of imidazole rings is 1. The molecule has 5 unspecified atom stereocenters. The van der Waals surface area contributed by atoms with Gasteiger partial charge in [-0.25, -0.2) is 4.98 Å². The summed E-state index contributed by atoms with van der Waals surface area (Å²) in [5.74, 6) is 2.78. The molecule has 5 nitrogen and oxygen atoms in total. The van der Waals surface area contributed by atoms with Crippen LogP contribution in [-0.2, 0) is 0 Å². The molecule has 1 amide bonds. The fourth-order valence-electron chi connectivity index (χ4n) is 8.15. The van der Waals surface area contributed by atoms with E-state index in [1.807, 2.05) is 40.9 Å². The van der Waals surface area contributed by atoms with Crippen molar-refractivity contribution in [2.45, 2.75) is 38.5 Å². The lowest BCUT2D eigenvalue weighted by Crippen LogP contribution is -2.43. The Morgan fingerprint density at radius 2 is 2.00 bits per heavy atom. The lowest BCUT2D eigenvalue weighted by atomic mass is 9.55. The summed E-state index contributed by atoms with van der Waals surface area (Å²) in [6.07, 6.45) is 10.2. The third kappa shape index (κ3) is 2.44. The number of aromatic nitrogens is 2. The highest BCUT2D eigenvalue weighted by atomic mass is 16.1. The Balaban J connectivity index is 1.14. The number of benzene rings is 1. The van der Waals surface area contributed by atoms with Gasteiger partial charge in [0.25, 0.3) is 5.91 Å². The molecule has 4 aliphatic rings. The number of hydrogen-bond acceptors (Lipinski definition) is 3. The number of nitrogens with zero attached hydrogens (tertiary/aromatic N) is 3. The monoisotopic (exact) mass is 422 g/mol. The maximum Gasteiger partial charge on any atom is 0.268 e. The van der Waals surface area contributed by atoms with Gasteiger partial charge in [0.2, 0.25) is 0 Å². The molecule has 4 aliphatic carbocycles. The van der Waals surface area contributed by atoms with E-state index in [2.05, 4.69) is 11.4 Å². The van der Waals surface area contributed by atoms with Crippen molar-refractivity contribution >= 4 is 11.6 Å². The lowest BCUT2D eigenvalue weighted by Gasteiger charge is -2.49. The number of pyridine rings is 1. The Morgan fingerprint density at radius 1 is 1.12 bits per heavy atom. The molecule has 1 spiro atoms. The first-order valence-corrected chi connectivity index (χ1v) is 11.8. The predicted octanol–water partition coefficient (Wildman–Crippen LogP) is 4.82. The Hall–Kier alpha value is -3.13. The average Bonchev–Trinajstić information content (AvgIpc) is 3.39. The van der Waals surface area contributed by atoms with Crippen molar-refractivity contribution in [2.24, 2.45) is 28.6 Å². The van der Waals surface area contributed by atoms with E-state index in [9.17, 15) is 4.79 Å². The van der Waals surface area contributed by atoms with Crippen molar-refractivity contribution in [3.8, 4) is 17.3 Å². The molecule has 5 heteroatoms. The van der Waals surface area contributed by atoms with E-state index in [-0.39, 0.29) is 5.91 Å². The van der Waals surface area contributed by atoms with Crippen LogP contribution in [-0.4, -0.2) is 21.8 Å². The molecule has 2 aromatic heterocycles. The van der Waals surface area contributed by atoms with Crippen LogP contribution in [0.25, 0.3) is 16.9 Å². The largest absolute Gasteiger partial charge is 0.350 e. The number of amides is 1. The van der Waals surface area contributed by atoms with Crippen LogP contribution in [0.1, 0.15) is 54.6 Å². The molecular formula is C27H26N4O. The number of nitriles is 1. The van der Waals surface area contributed by atoms with Crippen LogP contribution in [0.15, 0.2) is 48.7 Å². The first-order valence-electron chi connectivity index (χ1n) is 11.8. The van der Waals surface area contributed by atoms with Crippen molar-refractivity contribution in [2.75, 3.05) is 6.54 Å². The zero-order valence-corrected chi connectivity index (χ0v) is 18.1. The molecule has 0 saturated heterocycles. The summed E-state index contributed by atoms with van der Waals surface area (Å²) in [5.41, 5.74) is 4.72. The van der Waals surface area contributed by atoms with Gasteiger partial charge >= 0.3 is 0 Å². The number of rotatable bonds is 4. The van der Waals surface area contributed by atoms with Crippen LogP contribution in [0.3, 0.4) is 0 Å². The summed E-state index contributed by atoms with van der Waals surface area (Å²) < 4.78 is 1.89. The Kier molecular flexibility index (Phi) is 3.59. The quantitative estimate of drug-likeness (QED) is 0.655. The first-order chi connectivity index (χ1) is 15.6. The van der Waals surface area contributed by atoms with E-state index in [0.29, 0.717) is 22.1 Å². The normalized spacial score (nSPS) is 33.7. The molecule has 160 valence electrons. The van der Waals surface area contributed by atoms with Gasteiger partial charge in [0, 0.05) is 18.3 Å². The summed E-state index contributed by atoms with van der Waals surface area (Å²) in [4.78, 5) is 18.0. The van der Waals surface area contributed by atoms with Gasteiger partial charge in [0.15, 0.2) is 0 Å². The molecule has 2 heterocycles. The number of carbonyl (C=O) groups excluding carboxylic acids is 1. The third-order valence-corrected chi connectivity index (χ3v) is 9.25. The lowest BCUT2D eigenvalue weighted by molar-refractivity contribution is -0.00254. The molecule has 0 radical (unpaired) electrons. The van der Waals surface area contributed by atoms with Gasteiger partial charge in [0.05, 0.1) is 17.3 Å². The van der Waals surface area contributed by atoms with Gasteiger partial charge in [-0.05, 0) is 91.4 Å². The van der Waals surface area contributed by atoms with Gasteiger partial charge in [0.1, 0.15) is 11.3 Å². The maximum absolute atomic E-state index is 13.3. The molecule has 4 saturated carbocycles. The van der Waals surface area contributed by atoms with Crippen LogP contribution in [0.4, 0.5) is 0 Å². The van der Waals surface area contributed by atoms with Crippen molar-refractivity contribution in [1.82, 2.24) is 14.7 Å². The molecule has 32 heavy (non-hydrogen) atoms. The number of fused-ring (bicyclic) bond motifs is 3. The second kappa shape index (κ2) is 6.22. The van der Waals surface area contributed by atoms with E-state index >= 15 is 0 Å². The van der Waals surface area contributed by atoms with Crippen molar-refractivity contribution < 1.29 is 4.79 Å². The van der Waals surface area contributed by atoms with Crippen LogP contribution in [0, 0.1) is 39.9 Å². The minimum atomic E-state index is -0.0139. The zero-order valence-electron chi connectivity index (χ0n) is 18.1. The molecular weight excluding hydrogens is 396 g/mol. The van der Waals surface area contributed by atoms with Crippen molar-refractivity contribution in [1.29, 1.82) is 5.26 Å². The molecule has 3 aromatic rings. The van der Waals surface area contributed by atoms with Gasteiger partial charge in [-0.3, -0.25) is 9.20 Å². The summed E-state index contributed by atoms with van der Waals surface area (Å²) >= 11 is 0. The molecule has 3 bridgehead atoms. The topological polar surface area (TPSA) is 70.2 Å². The van der Waals surface area contributed by atoms with E-state index in [4.69, 9.17) is 10.2 Å². The van der Waals surface area contributed by atoms with Crippen LogP contribution >= 0.6 is 0 Å². The van der Waals surface area contributed by atoms with E-state index in [1.165, 1.54) is 38.5 Å². The van der Waals surface area contributed by atoms with Crippen LogP contribution in [0.2, 0.25) is 0 Å². The van der Waals surface area contributed by atoms with Gasteiger partial charge in [-0.1, -0.05) is 18.2 Å². The summed E-state index contributed by atoms with van der Waals surface area (Å²) in [7, 11) is 0. The highest BCUT2D eigenvalue weighted by Crippen LogP contribution is 2.78. The van der Waals surface area contributed by atoms with E-state index in [0.717, 1.165) is 41.2 Å². The maximum atomic E-state index is 13.3. The van der Waals surface area contributed by atoms with Crippen LogP contribution in [0.5, 0.6) is 0 Å². The molecule has 1 N–H and O–H groups in total. The highest BCUT2D eigenvalue weighted by Gasteiger charge is 2.70. The average molecular weight is 423 g/mol. The van der Waals surface area contributed by atoms with Crippen LogP contribution < -0.4 is 5.32 Å². The minimum absolute atomic E-state index is 0.0139. The van der Waals surface area contributed by atoms with Gasteiger partial charge in [-0.15, -0.1) is 0 Å². The van der Waals surface area contributed by atoms with Crippen molar-refractivity contribution in [3.05, 3.63) is 59.9 Å². The van der Waals surface area contributed by atoms with Gasteiger partial charge < -0.3 is 5.32 Å². The SMILES string of the molecule is N#Cc1ccc(-c2cn3c(C(=O)NCC45CC6CC7CC(C4)C7(C6)C5)cccc3n2)cc1. The second-order valence-corrected chi connectivity index (χ2v) is 10.9. The molecule has 4 fully saturated rings. The predicted molar refractivity (Wildman–Crippen MR) is 121 cm³/mol. The Labute approximate surface area is 187 Å². The molecule has 7 rings (SSSR count).